The summed E-state index contributed by atoms with van der Waals surface area (Å²) in [7, 11) is 2.17. The van der Waals surface area contributed by atoms with Crippen molar-refractivity contribution in [2.45, 2.75) is 33.1 Å². The van der Waals surface area contributed by atoms with Gasteiger partial charge in [0.25, 0.3) is 0 Å². The Labute approximate surface area is 174 Å². The molecular formula is C28H29N. The van der Waals surface area contributed by atoms with Crippen molar-refractivity contribution in [1.82, 2.24) is 0 Å². The summed E-state index contributed by atoms with van der Waals surface area (Å²) in [6, 6.07) is 30.7. The predicted octanol–water partition coefficient (Wildman–Crippen LogP) is 8.10. The Bertz CT molecular complexity index is 1130. The summed E-state index contributed by atoms with van der Waals surface area (Å²) in [5, 5.41) is 2.59. The molecule has 0 aliphatic carbocycles. The summed E-state index contributed by atoms with van der Waals surface area (Å²) in [6.45, 7) is 6.85. The molecule has 0 aliphatic heterocycles. The fourth-order valence-electron chi connectivity index (χ4n) is 4.18. The number of hydrogen-bond acceptors (Lipinski definition) is 1. The van der Waals surface area contributed by atoms with Crippen LogP contribution in [0.25, 0.3) is 21.9 Å². The number of aryl methyl sites for hydroxylation is 1. The minimum Gasteiger partial charge on any atom is -0.344 e. The molecule has 0 radical (unpaired) electrons. The molecular weight excluding hydrogens is 350 g/mol. The van der Waals surface area contributed by atoms with Crippen molar-refractivity contribution in [3.8, 4) is 11.1 Å². The molecule has 1 heteroatoms. The Morgan fingerprint density at radius 1 is 0.793 bits per heavy atom. The van der Waals surface area contributed by atoms with Crippen LogP contribution in [0.1, 0.15) is 37.3 Å². The van der Waals surface area contributed by atoms with E-state index in [1.54, 1.807) is 0 Å². The standard InChI is InChI=1S/C28H29N/c1-5-20(2)25-16-11-17-27(29(4)24-14-7-6-8-15-24)28(25)26-19-23-13-10-9-12-22(23)18-21(26)3/h6-20H,5H2,1-4H3. The molecule has 0 spiro atoms. The first kappa shape index (κ1) is 19.3. The van der Waals surface area contributed by atoms with Gasteiger partial charge in [0.2, 0.25) is 0 Å². The second-order valence-corrected chi connectivity index (χ2v) is 7.96. The van der Waals surface area contributed by atoms with Gasteiger partial charge in [0.05, 0.1) is 0 Å². The highest BCUT2D eigenvalue weighted by Crippen LogP contribution is 2.42. The van der Waals surface area contributed by atoms with Crippen molar-refractivity contribution in [1.29, 1.82) is 0 Å². The van der Waals surface area contributed by atoms with Crippen LogP contribution in [0.5, 0.6) is 0 Å². The van der Waals surface area contributed by atoms with E-state index in [4.69, 9.17) is 0 Å². The summed E-state index contributed by atoms with van der Waals surface area (Å²) in [5.41, 5.74) is 7.89. The predicted molar refractivity (Wildman–Crippen MR) is 127 cm³/mol. The van der Waals surface area contributed by atoms with E-state index < -0.39 is 0 Å². The van der Waals surface area contributed by atoms with E-state index in [0.717, 1.165) is 6.42 Å². The minimum atomic E-state index is 0.500. The van der Waals surface area contributed by atoms with E-state index in [-0.39, 0.29) is 0 Å². The van der Waals surface area contributed by atoms with E-state index in [1.807, 2.05) is 0 Å². The van der Waals surface area contributed by atoms with E-state index in [1.165, 1.54) is 44.4 Å². The van der Waals surface area contributed by atoms with E-state index in [0.29, 0.717) is 5.92 Å². The molecule has 0 saturated heterocycles. The topological polar surface area (TPSA) is 3.24 Å². The van der Waals surface area contributed by atoms with Gasteiger partial charge in [0.1, 0.15) is 0 Å². The lowest BCUT2D eigenvalue weighted by atomic mass is 9.86. The molecule has 0 bridgehead atoms. The van der Waals surface area contributed by atoms with E-state index in [9.17, 15) is 0 Å². The zero-order chi connectivity index (χ0) is 20.4. The van der Waals surface area contributed by atoms with Crippen molar-refractivity contribution in [3.63, 3.8) is 0 Å². The van der Waals surface area contributed by atoms with E-state index in [2.05, 4.69) is 118 Å². The third kappa shape index (κ3) is 3.65. The van der Waals surface area contributed by atoms with Gasteiger partial charge in [-0.1, -0.05) is 74.5 Å². The maximum Gasteiger partial charge on any atom is 0.0490 e. The zero-order valence-corrected chi connectivity index (χ0v) is 17.8. The molecule has 0 amide bonds. The number of hydrogen-bond donors (Lipinski definition) is 0. The van der Waals surface area contributed by atoms with Gasteiger partial charge in [-0.3, -0.25) is 0 Å². The van der Waals surface area contributed by atoms with Crippen LogP contribution >= 0.6 is 0 Å². The fourth-order valence-corrected chi connectivity index (χ4v) is 4.18. The number of nitrogens with zero attached hydrogens (tertiary/aromatic N) is 1. The normalized spacial score (nSPS) is 12.1. The number of para-hydroxylation sites is 1. The Morgan fingerprint density at radius 3 is 2.14 bits per heavy atom. The molecule has 0 N–H and O–H groups in total. The second-order valence-electron chi connectivity index (χ2n) is 7.96. The summed E-state index contributed by atoms with van der Waals surface area (Å²) in [6.07, 6.45) is 1.12. The maximum atomic E-state index is 2.37. The average Bonchev–Trinajstić information content (AvgIpc) is 2.77. The monoisotopic (exact) mass is 379 g/mol. The smallest absolute Gasteiger partial charge is 0.0490 e. The number of fused-ring (bicyclic) bond motifs is 1. The van der Waals surface area contributed by atoms with Crippen LogP contribution in [-0.2, 0) is 0 Å². The van der Waals surface area contributed by atoms with Crippen molar-refractivity contribution < 1.29 is 0 Å². The van der Waals surface area contributed by atoms with Crippen LogP contribution in [0.3, 0.4) is 0 Å². The van der Waals surface area contributed by atoms with Crippen LogP contribution in [0, 0.1) is 6.92 Å². The largest absolute Gasteiger partial charge is 0.344 e. The lowest BCUT2D eigenvalue weighted by molar-refractivity contribution is 0.735. The van der Waals surface area contributed by atoms with Crippen molar-refractivity contribution in [2.75, 3.05) is 11.9 Å². The molecule has 0 saturated carbocycles. The molecule has 29 heavy (non-hydrogen) atoms. The van der Waals surface area contributed by atoms with E-state index >= 15 is 0 Å². The first-order valence-corrected chi connectivity index (χ1v) is 10.5. The molecule has 4 aromatic carbocycles. The molecule has 0 fully saturated rings. The van der Waals surface area contributed by atoms with Crippen LogP contribution < -0.4 is 4.90 Å². The third-order valence-electron chi connectivity index (χ3n) is 6.08. The first-order valence-electron chi connectivity index (χ1n) is 10.5. The van der Waals surface area contributed by atoms with Crippen LogP contribution in [0.2, 0.25) is 0 Å². The molecule has 1 nitrogen and oxygen atoms in total. The Kier molecular flexibility index (Phi) is 5.40. The van der Waals surface area contributed by atoms with Gasteiger partial charge in [-0.25, -0.2) is 0 Å². The minimum absolute atomic E-state index is 0.500. The van der Waals surface area contributed by atoms with Gasteiger partial charge in [-0.2, -0.15) is 0 Å². The SMILES string of the molecule is CCC(C)c1cccc(N(C)c2ccccc2)c1-c1cc2ccccc2cc1C. The highest BCUT2D eigenvalue weighted by atomic mass is 15.1. The Balaban J connectivity index is 1.99. The summed E-state index contributed by atoms with van der Waals surface area (Å²) in [4.78, 5) is 2.32. The summed E-state index contributed by atoms with van der Waals surface area (Å²) >= 11 is 0. The van der Waals surface area contributed by atoms with Crippen LogP contribution in [0.4, 0.5) is 11.4 Å². The van der Waals surface area contributed by atoms with Crippen LogP contribution in [-0.4, -0.2) is 7.05 Å². The third-order valence-corrected chi connectivity index (χ3v) is 6.08. The van der Waals surface area contributed by atoms with Gasteiger partial charge in [0.15, 0.2) is 0 Å². The molecule has 0 heterocycles. The molecule has 1 atom stereocenters. The fraction of sp³-hybridized carbons (Fsp3) is 0.214. The number of benzene rings is 4. The average molecular weight is 380 g/mol. The first-order chi connectivity index (χ1) is 14.1. The molecule has 1 unspecified atom stereocenters. The molecule has 0 aliphatic rings. The quantitative estimate of drug-likeness (QED) is 0.338. The van der Waals surface area contributed by atoms with Gasteiger partial charge >= 0.3 is 0 Å². The maximum absolute atomic E-state index is 2.37. The second kappa shape index (κ2) is 8.13. The summed E-state index contributed by atoms with van der Waals surface area (Å²) < 4.78 is 0. The highest BCUT2D eigenvalue weighted by Gasteiger charge is 2.19. The zero-order valence-electron chi connectivity index (χ0n) is 17.8. The Hall–Kier alpha value is -3.06. The molecule has 146 valence electrons. The number of anilines is 2. The van der Waals surface area contributed by atoms with Gasteiger partial charge in [-0.05, 0) is 71.0 Å². The molecule has 4 aromatic rings. The van der Waals surface area contributed by atoms with Crippen molar-refractivity contribution in [3.05, 3.63) is 96.1 Å². The van der Waals surface area contributed by atoms with Gasteiger partial charge in [0, 0.05) is 24.0 Å². The lowest BCUT2D eigenvalue weighted by Crippen LogP contribution is -2.12. The highest BCUT2D eigenvalue weighted by molar-refractivity contribution is 5.94. The van der Waals surface area contributed by atoms with Crippen LogP contribution in [0.15, 0.2) is 84.9 Å². The Morgan fingerprint density at radius 2 is 1.45 bits per heavy atom. The van der Waals surface area contributed by atoms with Crippen molar-refractivity contribution in [2.24, 2.45) is 0 Å². The van der Waals surface area contributed by atoms with Gasteiger partial charge in [-0.15, -0.1) is 0 Å². The lowest BCUT2D eigenvalue weighted by Gasteiger charge is -2.27. The van der Waals surface area contributed by atoms with Gasteiger partial charge < -0.3 is 4.90 Å². The van der Waals surface area contributed by atoms with Crippen molar-refractivity contribution >= 4 is 22.1 Å². The molecule has 4 rings (SSSR count). The number of rotatable bonds is 5. The summed E-state index contributed by atoms with van der Waals surface area (Å²) in [5.74, 6) is 0.500. The molecule has 0 aromatic heterocycles.